The molecule has 144 valence electrons. The summed E-state index contributed by atoms with van der Waals surface area (Å²) in [6, 6.07) is 16.5. The molecule has 0 spiro atoms. The summed E-state index contributed by atoms with van der Waals surface area (Å²) in [6.45, 7) is 9.35. The number of hydrogen-bond acceptors (Lipinski definition) is 4. The molecule has 4 rings (SSSR count). The van der Waals surface area contributed by atoms with Gasteiger partial charge in [0.25, 0.3) is 0 Å². The van der Waals surface area contributed by atoms with Gasteiger partial charge in [0.05, 0.1) is 12.2 Å². The number of amidine groups is 1. The number of rotatable bonds is 2. The van der Waals surface area contributed by atoms with E-state index in [1.807, 2.05) is 25.1 Å². The van der Waals surface area contributed by atoms with E-state index in [0.717, 1.165) is 35.0 Å². The van der Waals surface area contributed by atoms with Crippen molar-refractivity contribution >= 4 is 23.0 Å². The van der Waals surface area contributed by atoms with E-state index in [0.29, 0.717) is 5.82 Å². The minimum Gasteiger partial charge on any atom is -0.399 e. The monoisotopic (exact) mass is 374 g/mol. The van der Waals surface area contributed by atoms with Crippen LogP contribution in [0.3, 0.4) is 0 Å². The van der Waals surface area contributed by atoms with Crippen molar-refractivity contribution in [1.82, 2.24) is 15.6 Å². The van der Waals surface area contributed by atoms with E-state index in [-0.39, 0.29) is 5.41 Å². The summed E-state index contributed by atoms with van der Waals surface area (Å²) in [6.07, 6.45) is 0. The first-order valence-corrected chi connectivity index (χ1v) is 9.44. The van der Waals surface area contributed by atoms with Crippen LogP contribution in [0.25, 0.3) is 0 Å². The average Bonchev–Trinajstić information content (AvgIpc) is 3.06. The van der Waals surface area contributed by atoms with Crippen LogP contribution in [0.1, 0.15) is 43.2 Å². The molecule has 0 unspecified atom stereocenters. The number of aromatic nitrogens is 2. The molecular formula is C22H26N6. The highest BCUT2D eigenvalue weighted by atomic mass is 15.5. The molecule has 0 aliphatic carbocycles. The maximum absolute atomic E-state index is 6.03. The summed E-state index contributed by atoms with van der Waals surface area (Å²) >= 11 is 0. The van der Waals surface area contributed by atoms with Crippen molar-refractivity contribution in [3.63, 3.8) is 0 Å². The van der Waals surface area contributed by atoms with Crippen LogP contribution in [-0.4, -0.2) is 16.0 Å². The maximum atomic E-state index is 6.03. The summed E-state index contributed by atoms with van der Waals surface area (Å²) in [5.74, 6) is 1.37. The number of nitrogens with zero attached hydrogens (tertiary/aromatic N) is 3. The largest absolute Gasteiger partial charge is 0.399 e. The number of nitrogens with two attached hydrogens (primary N) is 1. The second kappa shape index (κ2) is 6.71. The van der Waals surface area contributed by atoms with Crippen LogP contribution in [0.5, 0.6) is 0 Å². The molecule has 0 atom stereocenters. The van der Waals surface area contributed by atoms with Crippen molar-refractivity contribution in [2.75, 3.05) is 10.7 Å². The van der Waals surface area contributed by atoms with Gasteiger partial charge in [-0.1, -0.05) is 39.0 Å². The molecular weight excluding hydrogens is 348 g/mol. The van der Waals surface area contributed by atoms with Crippen LogP contribution < -0.4 is 16.2 Å². The van der Waals surface area contributed by atoms with Crippen LogP contribution >= 0.6 is 0 Å². The first-order chi connectivity index (χ1) is 13.3. The smallest absolute Gasteiger partial charge is 0.176 e. The Balaban J connectivity index is 1.72. The number of fused-ring (bicyclic) bond motifs is 1. The summed E-state index contributed by atoms with van der Waals surface area (Å²) in [5, 5.41) is 9.27. The van der Waals surface area contributed by atoms with Gasteiger partial charge in [-0.2, -0.15) is 5.10 Å². The number of nitrogens with one attached hydrogen (secondary N) is 2. The van der Waals surface area contributed by atoms with Crippen LogP contribution in [0.4, 0.5) is 17.2 Å². The Kier molecular flexibility index (Phi) is 4.34. The number of aromatic amines is 1. The molecule has 0 fully saturated rings. The highest BCUT2D eigenvalue weighted by molar-refractivity contribution is 6.04. The number of aliphatic imine (C=N–C) groups is 1. The minimum atomic E-state index is 0.127. The van der Waals surface area contributed by atoms with Gasteiger partial charge in [-0.15, -0.1) is 0 Å². The van der Waals surface area contributed by atoms with Crippen LogP contribution in [0.15, 0.2) is 53.5 Å². The van der Waals surface area contributed by atoms with E-state index in [4.69, 9.17) is 10.7 Å². The number of anilines is 2. The van der Waals surface area contributed by atoms with Gasteiger partial charge in [-0.3, -0.25) is 15.5 Å². The van der Waals surface area contributed by atoms with Gasteiger partial charge >= 0.3 is 0 Å². The lowest BCUT2D eigenvalue weighted by Gasteiger charge is -2.33. The Morgan fingerprint density at radius 1 is 1.07 bits per heavy atom. The van der Waals surface area contributed by atoms with Crippen molar-refractivity contribution in [2.45, 2.75) is 39.7 Å². The molecule has 1 aromatic heterocycles. The molecule has 0 saturated heterocycles. The topological polar surface area (TPSA) is 82.3 Å². The van der Waals surface area contributed by atoms with E-state index in [1.165, 1.54) is 11.1 Å². The quantitative estimate of drug-likeness (QED) is 0.587. The Morgan fingerprint density at radius 3 is 2.46 bits per heavy atom. The number of hydrazine groups is 1. The molecule has 6 heteroatoms. The molecule has 6 nitrogen and oxygen atoms in total. The molecule has 1 aliphatic heterocycles. The standard InChI is InChI=1S/C22H26N6/c1-14-11-20(26-25-14)24-21-19-12-17(23)8-5-15(19)13-28(27-21)18-9-6-16(7-10-18)22(2,3)4/h5-12H,13,23H2,1-4H3,(H2,24,25,26,27). The van der Waals surface area contributed by atoms with Gasteiger partial charge in [-0.25, -0.2) is 4.99 Å². The molecule has 0 saturated carbocycles. The predicted octanol–water partition coefficient (Wildman–Crippen LogP) is 4.20. The molecule has 0 radical (unpaired) electrons. The molecule has 2 aromatic carbocycles. The normalized spacial score (nSPS) is 15.4. The fourth-order valence-electron chi connectivity index (χ4n) is 3.31. The van der Waals surface area contributed by atoms with E-state index >= 15 is 0 Å². The third kappa shape index (κ3) is 3.58. The first kappa shape index (κ1) is 18.1. The SMILES string of the molecule is Cc1cc(N=C2NN(c3ccc(C(C)(C)C)cc3)Cc3ccc(N)cc32)n[nH]1. The number of aryl methyl sites for hydroxylation is 1. The second-order valence-corrected chi connectivity index (χ2v) is 8.28. The zero-order valence-corrected chi connectivity index (χ0v) is 16.7. The minimum absolute atomic E-state index is 0.127. The van der Waals surface area contributed by atoms with E-state index < -0.39 is 0 Å². The average molecular weight is 374 g/mol. The maximum Gasteiger partial charge on any atom is 0.176 e. The predicted molar refractivity (Wildman–Crippen MR) is 115 cm³/mol. The van der Waals surface area contributed by atoms with E-state index in [2.05, 4.69) is 71.7 Å². The Hall–Kier alpha value is -3.28. The lowest BCUT2D eigenvalue weighted by atomic mass is 9.87. The molecule has 28 heavy (non-hydrogen) atoms. The van der Waals surface area contributed by atoms with Gasteiger partial charge in [-0.05, 0) is 47.7 Å². The highest BCUT2D eigenvalue weighted by Gasteiger charge is 2.23. The molecule has 1 aliphatic rings. The fourth-order valence-corrected chi connectivity index (χ4v) is 3.31. The third-order valence-corrected chi connectivity index (χ3v) is 4.92. The third-order valence-electron chi connectivity index (χ3n) is 4.92. The van der Waals surface area contributed by atoms with Crippen LogP contribution in [0.2, 0.25) is 0 Å². The van der Waals surface area contributed by atoms with Crippen LogP contribution in [-0.2, 0) is 12.0 Å². The molecule has 0 bridgehead atoms. The van der Waals surface area contributed by atoms with E-state index in [9.17, 15) is 0 Å². The highest BCUT2D eigenvalue weighted by Crippen LogP contribution is 2.28. The van der Waals surface area contributed by atoms with Crippen molar-refractivity contribution < 1.29 is 0 Å². The molecule has 4 N–H and O–H groups in total. The van der Waals surface area contributed by atoms with Gasteiger partial charge < -0.3 is 5.73 Å². The zero-order valence-electron chi connectivity index (χ0n) is 16.7. The zero-order chi connectivity index (χ0) is 19.9. The van der Waals surface area contributed by atoms with Crippen molar-refractivity contribution in [3.05, 3.63) is 70.9 Å². The Labute approximate surface area is 165 Å². The summed E-state index contributed by atoms with van der Waals surface area (Å²) in [5.41, 5.74) is 15.8. The summed E-state index contributed by atoms with van der Waals surface area (Å²) < 4.78 is 0. The van der Waals surface area contributed by atoms with Gasteiger partial charge in [0.1, 0.15) is 0 Å². The first-order valence-electron chi connectivity index (χ1n) is 9.44. The summed E-state index contributed by atoms with van der Waals surface area (Å²) in [7, 11) is 0. The van der Waals surface area contributed by atoms with Crippen molar-refractivity contribution in [3.8, 4) is 0 Å². The summed E-state index contributed by atoms with van der Waals surface area (Å²) in [4.78, 5) is 4.72. The second-order valence-electron chi connectivity index (χ2n) is 8.28. The number of nitrogen functional groups attached to an aromatic ring is 1. The molecule has 2 heterocycles. The lowest BCUT2D eigenvalue weighted by Crippen LogP contribution is -2.46. The van der Waals surface area contributed by atoms with Crippen molar-refractivity contribution in [1.29, 1.82) is 0 Å². The van der Waals surface area contributed by atoms with E-state index in [1.54, 1.807) is 0 Å². The van der Waals surface area contributed by atoms with Gasteiger partial charge in [0.2, 0.25) is 0 Å². The number of H-pyrrole nitrogens is 1. The van der Waals surface area contributed by atoms with Crippen LogP contribution in [0, 0.1) is 6.92 Å². The van der Waals surface area contributed by atoms with Crippen molar-refractivity contribution in [2.24, 2.45) is 4.99 Å². The number of hydrogen-bond donors (Lipinski definition) is 3. The Bertz CT molecular complexity index is 1020. The fraction of sp³-hybridized carbons (Fsp3) is 0.273. The lowest BCUT2D eigenvalue weighted by molar-refractivity contribution is 0.590. The van der Waals surface area contributed by atoms with Gasteiger partial charge in [0, 0.05) is 23.0 Å². The molecule has 3 aromatic rings. The molecule has 0 amide bonds. The van der Waals surface area contributed by atoms with Gasteiger partial charge in [0.15, 0.2) is 11.7 Å². The Morgan fingerprint density at radius 2 is 1.82 bits per heavy atom. The number of benzene rings is 2.